The normalized spacial score (nSPS) is 34.5. The van der Waals surface area contributed by atoms with Crippen LogP contribution in [0, 0.1) is 5.82 Å². The minimum absolute atomic E-state index is 0.0194. The van der Waals surface area contributed by atoms with Crippen molar-refractivity contribution in [3.05, 3.63) is 71.1 Å². The van der Waals surface area contributed by atoms with Gasteiger partial charge in [0.2, 0.25) is 0 Å². The number of benzene rings is 2. The van der Waals surface area contributed by atoms with Gasteiger partial charge in [-0.3, -0.25) is 19.4 Å². The SMILES string of the molecule is C=CCN1CC[C@]23c4c5ccc(O)c4O[C@@H]2[C@H](N2C(=O)c4cccc(F)c4C2=O)CC[C@@]3(O)[C@H]1C5. The molecule has 2 bridgehead atoms. The number of hydrogen-bond acceptors (Lipinski definition) is 6. The first kappa shape index (κ1) is 21.1. The first-order valence-corrected chi connectivity index (χ1v) is 12.1. The van der Waals surface area contributed by atoms with Crippen LogP contribution in [-0.4, -0.2) is 68.7 Å². The first-order chi connectivity index (χ1) is 16.8. The van der Waals surface area contributed by atoms with Crippen molar-refractivity contribution >= 4 is 11.8 Å². The van der Waals surface area contributed by atoms with Crippen LogP contribution in [0.3, 0.4) is 0 Å². The van der Waals surface area contributed by atoms with Crippen LogP contribution in [0.2, 0.25) is 0 Å². The molecule has 5 aliphatic rings. The summed E-state index contributed by atoms with van der Waals surface area (Å²) in [6.45, 7) is 5.19. The molecule has 2 fully saturated rings. The summed E-state index contributed by atoms with van der Waals surface area (Å²) in [5.41, 5.74) is -0.434. The third kappa shape index (κ3) is 2.28. The van der Waals surface area contributed by atoms with Crippen LogP contribution < -0.4 is 4.74 Å². The summed E-state index contributed by atoms with van der Waals surface area (Å²) in [7, 11) is 0. The molecular formula is C27H25FN2O5. The Hall–Kier alpha value is -3.23. The molecular weight excluding hydrogens is 451 g/mol. The van der Waals surface area contributed by atoms with Crippen molar-refractivity contribution in [1.82, 2.24) is 9.80 Å². The number of fused-ring (bicyclic) bond motifs is 1. The molecule has 1 saturated heterocycles. The van der Waals surface area contributed by atoms with Gasteiger partial charge in [0.15, 0.2) is 11.5 Å². The van der Waals surface area contributed by atoms with E-state index >= 15 is 0 Å². The van der Waals surface area contributed by atoms with Gasteiger partial charge in [0.05, 0.1) is 28.2 Å². The molecule has 2 aromatic carbocycles. The van der Waals surface area contributed by atoms with Crippen LogP contribution in [-0.2, 0) is 11.8 Å². The van der Waals surface area contributed by atoms with E-state index in [1.54, 1.807) is 6.07 Å². The van der Waals surface area contributed by atoms with Gasteiger partial charge >= 0.3 is 0 Å². The fourth-order valence-electron chi connectivity index (χ4n) is 7.82. The van der Waals surface area contributed by atoms with E-state index in [2.05, 4.69) is 11.5 Å². The summed E-state index contributed by atoms with van der Waals surface area (Å²) < 4.78 is 21.0. The lowest BCUT2D eigenvalue weighted by molar-refractivity contribution is -0.194. The van der Waals surface area contributed by atoms with E-state index < -0.39 is 40.8 Å². The zero-order valence-electron chi connectivity index (χ0n) is 19.0. The van der Waals surface area contributed by atoms with E-state index in [0.29, 0.717) is 44.5 Å². The Bertz CT molecular complexity index is 1340. The molecule has 5 atom stereocenters. The predicted octanol–water partition coefficient (Wildman–Crippen LogP) is 2.54. The number of carbonyl (C=O) groups excluding carboxylic acids is 2. The first-order valence-electron chi connectivity index (χ1n) is 12.1. The summed E-state index contributed by atoms with van der Waals surface area (Å²) in [6, 6.07) is 6.66. The molecule has 0 aromatic heterocycles. The monoisotopic (exact) mass is 476 g/mol. The van der Waals surface area contributed by atoms with Crippen molar-refractivity contribution in [3.8, 4) is 11.5 Å². The van der Waals surface area contributed by atoms with Gasteiger partial charge in [-0.25, -0.2) is 4.39 Å². The largest absolute Gasteiger partial charge is 0.504 e. The van der Waals surface area contributed by atoms with Crippen molar-refractivity contribution in [3.63, 3.8) is 0 Å². The minimum Gasteiger partial charge on any atom is -0.504 e. The second kappa shape index (κ2) is 6.71. The molecule has 2 aliphatic carbocycles. The van der Waals surface area contributed by atoms with Crippen molar-refractivity contribution < 1.29 is 28.9 Å². The number of halogens is 1. The maximum absolute atomic E-state index is 14.6. The molecule has 3 heterocycles. The number of piperidine rings is 1. The van der Waals surface area contributed by atoms with E-state index in [0.717, 1.165) is 16.0 Å². The highest BCUT2D eigenvalue weighted by Gasteiger charge is 2.74. The molecule has 2 N–H and O–H groups in total. The van der Waals surface area contributed by atoms with Gasteiger partial charge in [0, 0.05) is 18.2 Å². The Morgan fingerprint density at radius 3 is 2.80 bits per heavy atom. The number of rotatable bonds is 3. The summed E-state index contributed by atoms with van der Waals surface area (Å²) >= 11 is 0. The third-order valence-electron chi connectivity index (χ3n) is 9.13. The number of aromatic hydroxyl groups is 1. The molecule has 0 radical (unpaired) electrons. The van der Waals surface area contributed by atoms with Gasteiger partial charge in [0.25, 0.3) is 11.8 Å². The van der Waals surface area contributed by atoms with Gasteiger partial charge in [0.1, 0.15) is 11.9 Å². The number of carbonyl (C=O) groups is 2. The minimum atomic E-state index is -1.18. The molecule has 7 nitrogen and oxygen atoms in total. The summed E-state index contributed by atoms with van der Waals surface area (Å²) in [5, 5.41) is 23.2. The number of imide groups is 1. The fraction of sp³-hybridized carbons (Fsp3) is 0.407. The highest BCUT2D eigenvalue weighted by Crippen LogP contribution is 2.66. The number of hydrogen-bond donors (Lipinski definition) is 2. The quantitative estimate of drug-likeness (QED) is 0.523. The second-order valence-electron chi connectivity index (χ2n) is 10.4. The zero-order chi connectivity index (χ0) is 24.3. The molecule has 7 rings (SSSR count). The molecule has 3 aliphatic heterocycles. The highest BCUT2D eigenvalue weighted by molar-refractivity contribution is 6.21. The van der Waals surface area contributed by atoms with E-state index in [1.165, 1.54) is 18.2 Å². The maximum atomic E-state index is 14.6. The van der Waals surface area contributed by atoms with Crippen molar-refractivity contribution in [1.29, 1.82) is 0 Å². The second-order valence-corrected chi connectivity index (χ2v) is 10.4. The topological polar surface area (TPSA) is 90.3 Å². The standard InChI is InChI=1S/C27H25FN2O5/c1-2-11-29-12-10-26-21-14-6-7-18(31)22(21)35-23(26)17(8-9-27(26,34)19(29)13-14)30-24(32)15-4-3-5-16(28)20(15)25(30)33/h2-7,17,19,23,31,34H,1,8-13H2/t17-,19-,23-,26+,27-/m1/s1. The Morgan fingerprint density at radius 2 is 2.03 bits per heavy atom. The lowest BCUT2D eigenvalue weighted by atomic mass is 9.48. The van der Waals surface area contributed by atoms with Gasteiger partial charge in [-0.2, -0.15) is 0 Å². The summed E-state index contributed by atoms with van der Waals surface area (Å²) in [5.74, 6) is -1.63. The van der Waals surface area contributed by atoms with Gasteiger partial charge in [-0.05, 0) is 56.0 Å². The van der Waals surface area contributed by atoms with E-state index in [-0.39, 0.29) is 22.9 Å². The summed E-state index contributed by atoms with van der Waals surface area (Å²) in [4.78, 5) is 30.1. The molecule has 2 amide bonds. The molecule has 0 unspecified atom stereocenters. The Kier molecular flexibility index (Phi) is 4.04. The molecule has 1 spiro atoms. The number of aliphatic hydroxyl groups is 1. The molecule has 2 aromatic rings. The van der Waals surface area contributed by atoms with Gasteiger partial charge in [-0.15, -0.1) is 6.58 Å². The molecule has 1 saturated carbocycles. The number of ether oxygens (including phenoxy) is 1. The van der Waals surface area contributed by atoms with Crippen LogP contribution in [0.15, 0.2) is 43.0 Å². The molecule has 8 heteroatoms. The predicted molar refractivity (Wildman–Crippen MR) is 123 cm³/mol. The third-order valence-corrected chi connectivity index (χ3v) is 9.13. The van der Waals surface area contributed by atoms with Crippen LogP contribution >= 0.6 is 0 Å². The average molecular weight is 477 g/mol. The highest BCUT2D eigenvalue weighted by atomic mass is 19.1. The lowest BCUT2D eigenvalue weighted by Crippen LogP contribution is -2.78. The van der Waals surface area contributed by atoms with Crippen LogP contribution in [0.25, 0.3) is 0 Å². The fourth-order valence-corrected chi connectivity index (χ4v) is 7.82. The summed E-state index contributed by atoms with van der Waals surface area (Å²) in [6.07, 6.45) is 2.89. The van der Waals surface area contributed by atoms with E-state index in [9.17, 15) is 24.2 Å². The number of amides is 2. The van der Waals surface area contributed by atoms with Crippen LogP contribution in [0.5, 0.6) is 11.5 Å². The van der Waals surface area contributed by atoms with Gasteiger partial charge < -0.3 is 14.9 Å². The van der Waals surface area contributed by atoms with Crippen LogP contribution in [0.4, 0.5) is 4.39 Å². The van der Waals surface area contributed by atoms with Crippen molar-refractivity contribution in [2.45, 2.75) is 54.9 Å². The number of phenolic OH excluding ortho intramolecular Hbond substituents is 1. The Morgan fingerprint density at radius 1 is 1.20 bits per heavy atom. The Labute approximate surface area is 201 Å². The van der Waals surface area contributed by atoms with E-state index in [1.807, 2.05) is 12.1 Å². The van der Waals surface area contributed by atoms with Crippen molar-refractivity contribution in [2.24, 2.45) is 0 Å². The van der Waals surface area contributed by atoms with E-state index in [4.69, 9.17) is 4.74 Å². The average Bonchev–Trinajstić information content (AvgIpc) is 3.31. The van der Waals surface area contributed by atoms with Crippen LogP contribution in [0.1, 0.15) is 51.1 Å². The number of nitrogens with zero attached hydrogens (tertiary/aromatic N) is 2. The van der Waals surface area contributed by atoms with Gasteiger partial charge in [-0.1, -0.05) is 18.2 Å². The maximum Gasteiger partial charge on any atom is 0.264 e. The number of likely N-dealkylation sites (tertiary alicyclic amines) is 1. The smallest absolute Gasteiger partial charge is 0.264 e. The Balaban J connectivity index is 1.40. The lowest BCUT2D eigenvalue weighted by Gasteiger charge is -2.64. The zero-order valence-corrected chi connectivity index (χ0v) is 19.0. The number of phenols is 1. The van der Waals surface area contributed by atoms with Crippen molar-refractivity contribution in [2.75, 3.05) is 13.1 Å². The molecule has 180 valence electrons. The molecule has 35 heavy (non-hydrogen) atoms.